The van der Waals surface area contributed by atoms with Crippen LogP contribution >= 0.6 is 11.6 Å². The van der Waals surface area contributed by atoms with Crippen molar-refractivity contribution in [3.63, 3.8) is 0 Å². The van der Waals surface area contributed by atoms with Crippen molar-refractivity contribution in [2.45, 2.75) is 25.4 Å². The Hall–Kier alpha value is -3.64. The van der Waals surface area contributed by atoms with Gasteiger partial charge in [0.15, 0.2) is 0 Å². The summed E-state index contributed by atoms with van der Waals surface area (Å²) in [6.45, 7) is 0.932. The summed E-state index contributed by atoms with van der Waals surface area (Å²) in [7, 11) is 0. The number of amides is 3. The molecular weight excluding hydrogens is 438 g/mol. The molecule has 3 aromatic carbocycles. The summed E-state index contributed by atoms with van der Waals surface area (Å²) in [6.07, 6.45) is 1.51. The molecule has 3 aromatic rings. The molecule has 6 nitrogen and oxygen atoms in total. The standard InChI is InChI=1S/C26H22ClN3O3/c27-19-11-13-20(14-12-19)28-24(31)18-9-7-17(8-10-18)16-30-22-5-2-1-4-21(22)25(32)29-15-3-6-23(29)26(30)33/h1-2,4-5,7-14,23H,3,6,15-16H2,(H,28,31)/t23-/m0/s1. The van der Waals surface area contributed by atoms with Crippen molar-refractivity contribution in [1.82, 2.24) is 4.90 Å². The normalized spacial score (nSPS) is 17.4. The summed E-state index contributed by atoms with van der Waals surface area (Å²) in [5.74, 6) is -0.374. The van der Waals surface area contributed by atoms with E-state index in [1.165, 1.54) is 0 Å². The van der Waals surface area contributed by atoms with Crippen molar-refractivity contribution in [2.24, 2.45) is 0 Å². The molecule has 33 heavy (non-hydrogen) atoms. The van der Waals surface area contributed by atoms with Crippen molar-refractivity contribution in [2.75, 3.05) is 16.8 Å². The Morgan fingerprint density at radius 2 is 1.70 bits per heavy atom. The highest BCUT2D eigenvalue weighted by Crippen LogP contribution is 2.33. The maximum atomic E-state index is 13.4. The van der Waals surface area contributed by atoms with E-state index < -0.39 is 6.04 Å². The first kappa shape index (κ1) is 21.2. The van der Waals surface area contributed by atoms with Gasteiger partial charge in [0.2, 0.25) is 5.91 Å². The van der Waals surface area contributed by atoms with Crippen molar-refractivity contribution >= 4 is 40.7 Å². The number of anilines is 2. The van der Waals surface area contributed by atoms with Gasteiger partial charge in [-0.25, -0.2) is 0 Å². The zero-order chi connectivity index (χ0) is 22.9. The third kappa shape index (κ3) is 4.10. The quantitative estimate of drug-likeness (QED) is 0.612. The smallest absolute Gasteiger partial charge is 0.256 e. The number of halogens is 1. The topological polar surface area (TPSA) is 69.7 Å². The van der Waals surface area contributed by atoms with E-state index in [1.807, 2.05) is 30.3 Å². The first-order chi connectivity index (χ1) is 16.0. The Morgan fingerprint density at radius 3 is 2.45 bits per heavy atom. The molecule has 3 amide bonds. The Balaban J connectivity index is 1.37. The fourth-order valence-corrected chi connectivity index (χ4v) is 4.58. The SMILES string of the molecule is O=C(Nc1ccc(Cl)cc1)c1ccc(CN2C(=O)[C@@H]3CCCN3C(=O)c3ccccc32)cc1. The first-order valence-electron chi connectivity index (χ1n) is 10.9. The molecule has 1 fully saturated rings. The fraction of sp³-hybridized carbons (Fsp3) is 0.192. The number of fused-ring (bicyclic) bond motifs is 2. The second kappa shape index (κ2) is 8.71. The van der Waals surface area contributed by atoms with Gasteiger partial charge in [0.25, 0.3) is 11.8 Å². The summed E-state index contributed by atoms with van der Waals surface area (Å²) < 4.78 is 0. The molecule has 2 heterocycles. The van der Waals surface area contributed by atoms with Crippen LogP contribution in [-0.4, -0.2) is 35.2 Å². The lowest BCUT2D eigenvalue weighted by atomic mass is 10.1. The lowest BCUT2D eigenvalue weighted by Gasteiger charge is -2.26. The monoisotopic (exact) mass is 459 g/mol. The van der Waals surface area contributed by atoms with E-state index in [0.29, 0.717) is 47.0 Å². The molecule has 0 saturated carbocycles. The summed E-state index contributed by atoms with van der Waals surface area (Å²) in [6, 6.07) is 20.9. The molecule has 1 atom stereocenters. The van der Waals surface area contributed by atoms with Crippen LogP contribution in [0.1, 0.15) is 39.1 Å². The van der Waals surface area contributed by atoms with E-state index in [2.05, 4.69) is 5.32 Å². The number of carbonyl (C=O) groups excluding carboxylic acids is 3. The molecule has 0 unspecified atom stereocenters. The molecule has 0 radical (unpaired) electrons. The molecular formula is C26H22ClN3O3. The second-order valence-corrected chi connectivity index (χ2v) is 8.69. The van der Waals surface area contributed by atoms with Crippen LogP contribution in [0.4, 0.5) is 11.4 Å². The van der Waals surface area contributed by atoms with Crippen molar-refractivity contribution in [3.8, 4) is 0 Å². The third-order valence-corrected chi connectivity index (χ3v) is 6.40. The summed E-state index contributed by atoms with van der Waals surface area (Å²) in [5, 5.41) is 3.44. The van der Waals surface area contributed by atoms with Crippen LogP contribution in [0.5, 0.6) is 0 Å². The van der Waals surface area contributed by atoms with E-state index in [4.69, 9.17) is 11.6 Å². The van der Waals surface area contributed by atoms with Crippen LogP contribution in [0.25, 0.3) is 0 Å². The minimum absolute atomic E-state index is 0.0599. The average molecular weight is 460 g/mol. The molecule has 0 spiro atoms. The number of hydrogen-bond donors (Lipinski definition) is 1. The molecule has 0 bridgehead atoms. The predicted octanol–water partition coefficient (Wildman–Crippen LogP) is 4.74. The summed E-state index contributed by atoms with van der Waals surface area (Å²) in [4.78, 5) is 42.4. The van der Waals surface area contributed by atoms with E-state index in [0.717, 1.165) is 12.0 Å². The van der Waals surface area contributed by atoms with Gasteiger partial charge in [-0.3, -0.25) is 14.4 Å². The van der Waals surface area contributed by atoms with Crippen molar-refractivity contribution in [1.29, 1.82) is 0 Å². The number of nitrogens with zero attached hydrogens (tertiary/aromatic N) is 2. The van der Waals surface area contributed by atoms with E-state index in [-0.39, 0.29) is 17.7 Å². The number of benzene rings is 3. The molecule has 166 valence electrons. The Morgan fingerprint density at radius 1 is 0.970 bits per heavy atom. The van der Waals surface area contributed by atoms with Crippen molar-refractivity contribution < 1.29 is 14.4 Å². The van der Waals surface area contributed by atoms with Crippen LogP contribution in [0.3, 0.4) is 0 Å². The van der Waals surface area contributed by atoms with Gasteiger partial charge in [0.05, 0.1) is 17.8 Å². The van der Waals surface area contributed by atoms with Crippen LogP contribution in [0.2, 0.25) is 5.02 Å². The number of nitrogens with one attached hydrogen (secondary N) is 1. The Kier molecular flexibility index (Phi) is 5.60. The minimum atomic E-state index is -0.422. The minimum Gasteiger partial charge on any atom is -0.327 e. The zero-order valence-corrected chi connectivity index (χ0v) is 18.6. The van der Waals surface area contributed by atoms with Gasteiger partial charge in [-0.1, -0.05) is 35.9 Å². The van der Waals surface area contributed by atoms with Gasteiger partial charge in [-0.2, -0.15) is 0 Å². The van der Waals surface area contributed by atoms with Gasteiger partial charge >= 0.3 is 0 Å². The Bertz CT molecular complexity index is 1220. The van der Waals surface area contributed by atoms with Crippen LogP contribution in [0.15, 0.2) is 72.8 Å². The van der Waals surface area contributed by atoms with E-state index >= 15 is 0 Å². The van der Waals surface area contributed by atoms with Gasteiger partial charge in [-0.15, -0.1) is 0 Å². The lowest BCUT2D eigenvalue weighted by molar-refractivity contribution is -0.122. The fourth-order valence-electron chi connectivity index (χ4n) is 4.45. The molecule has 7 heteroatoms. The van der Waals surface area contributed by atoms with Gasteiger partial charge in [-0.05, 0) is 66.9 Å². The molecule has 1 N–H and O–H groups in total. The highest BCUT2D eigenvalue weighted by molar-refractivity contribution is 6.30. The largest absolute Gasteiger partial charge is 0.327 e. The third-order valence-electron chi connectivity index (χ3n) is 6.15. The summed E-state index contributed by atoms with van der Waals surface area (Å²) >= 11 is 5.89. The number of hydrogen-bond acceptors (Lipinski definition) is 3. The predicted molar refractivity (Wildman–Crippen MR) is 128 cm³/mol. The van der Waals surface area contributed by atoms with Gasteiger partial charge < -0.3 is 15.1 Å². The number of rotatable bonds is 4. The number of para-hydroxylation sites is 1. The van der Waals surface area contributed by atoms with E-state index in [1.54, 1.807) is 52.3 Å². The highest BCUT2D eigenvalue weighted by atomic mass is 35.5. The van der Waals surface area contributed by atoms with Crippen molar-refractivity contribution in [3.05, 3.63) is 94.5 Å². The van der Waals surface area contributed by atoms with Crippen LogP contribution in [0, 0.1) is 0 Å². The van der Waals surface area contributed by atoms with E-state index in [9.17, 15) is 14.4 Å². The zero-order valence-electron chi connectivity index (χ0n) is 17.8. The maximum Gasteiger partial charge on any atom is 0.256 e. The average Bonchev–Trinajstić information content (AvgIpc) is 3.31. The molecule has 2 aliphatic heterocycles. The molecule has 5 rings (SSSR count). The van der Waals surface area contributed by atoms with Crippen LogP contribution in [-0.2, 0) is 11.3 Å². The Labute approximate surface area is 196 Å². The molecule has 0 aliphatic carbocycles. The van der Waals surface area contributed by atoms with Gasteiger partial charge in [0.1, 0.15) is 6.04 Å². The lowest BCUT2D eigenvalue weighted by Crippen LogP contribution is -2.44. The van der Waals surface area contributed by atoms with Crippen LogP contribution < -0.4 is 10.2 Å². The molecule has 2 aliphatic rings. The molecule has 0 aromatic heterocycles. The first-order valence-corrected chi connectivity index (χ1v) is 11.3. The second-order valence-electron chi connectivity index (χ2n) is 8.26. The summed E-state index contributed by atoms with van der Waals surface area (Å²) in [5.41, 5.74) is 3.22. The van der Waals surface area contributed by atoms with Gasteiger partial charge in [0, 0.05) is 22.8 Å². The number of carbonyl (C=O) groups is 3. The maximum absolute atomic E-state index is 13.4. The molecule has 1 saturated heterocycles. The highest BCUT2D eigenvalue weighted by Gasteiger charge is 2.41.